The van der Waals surface area contributed by atoms with Gasteiger partial charge in [-0.1, -0.05) is 30.3 Å². The highest BCUT2D eigenvalue weighted by atomic mass is 16.5. The van der Waals surface area contributed by atoms with Crippen LogP contribution in [-0.4, -0.2) is 49.1 Å². The standard InChI is InChI=1S/C22H27N3O3/c1-16(25-13-12-20(15-25)24-19-6-4-3-5-7-19)21(26)23-14-17-8-10-18(11-9-17)22(27)28-2/h3-11,16,20,24H,12-15H2,1-2H3,(H,23,26). The van der Waals surface area contributed by atoms with Crippen LogP contribution < -0.4 is 10.6 Å². The van der Waals surface area contributed by atoms with Gasteiger partial charge in [-0.05, 0) is 43.2 Å². The molecule has 2 aromatic rings. The first-order chi connectivity index (χ1) is 13.6. The molecule has 6 heteroatoms. The fourth-order valence-electron chi connectivity index (χ4n) is 3.41. The van der Waals surface area contributed by atoms with E-state index in [4.69, 9.17) is 0 Å². The molecule has 1 aliphatic heterocycles. The van der Waals surface area contributed by atoms with Crippen molar-refractivity contribution < 1.29 is 14.3 Å². The molecule has 0 bridgehead atoms. The molecule has 0 spiro atoms. The minimum atomic E-state index is -0.364. The Morgan fingerprint density at radius 1 is 1.14 bits per heavy atom. The molecule has 2 unspecified atom stereocenters. The van der Waals surface area contributed by atoms with Crippen molar-refractivity contribution in [3.8, 4) is 0 Å². The summed E-state index contributed by atoms with van der Waals surface area (Å²) >= 11 is 0. The van der Waals surface area contributed by atoms with Gasteiger partial charge < -0.3 is 15.4 Å². The third-order valence-electron chi connectivity index (χ3n) is 5.13. The van der Waals surface area contributed by atoms with Crippen LogP contribution in [0.15, 0.2) is 54.6 Å². The molecular formula is C22H27N3O3. The number of hydrogen-bond donors (Lipinski definition) is 2. The zero-order valence-electron chi connectivity index (χ0n) is 16.4. The van der Waals surface area contributed by atoms with Crippen LogP contribution in [0.3, 0.4) is 0 Å². The first-order valence-electron chi connectivity index (χ1n) is 9.57. The minimum Gasteiger partial charge on any atom is -0.465 e. The Morgan fingerprint density at radius 3 is 2.54 bits per heavy atom. The van der Waals surface area contributed by atoms with E-state index in [0.29, 0.717) is 18.2 Å². The van der Waals surface area contributed by atoms with Gasteiger partial charge in [0.05, 0.1) is 18.7 Å². The fourth-order valence-corrected chi connectivity index (χ4v) is 3.41. The lowest BCUT2D eigenvalue weighted by Gasteiger charge is -2.24. The number of esters is 1. The van der Waals surface area contributed by atoms with Crippen molar-refractivity contribution in [1.82, 2.24) is 10.2 Å². The zero-order chi connectivity index (χ0) is 19.9. The van der Waals surface area contributed by atoms with Crippen molar-refractivity contribution in [1.29, 1.82) is 0 Å². The molecule has 1 aliphatic rings. The van der Waals surface area contributed by atoms with E-state index in [-0.39, 0.29) is 17.9 Å². The topological polar surface area (TPSA) is 70.7 Å². The van der Waals surface area contributed by atoms with E-state index < -0.39 is 0 Å². The summed E-state index contributed by atoms with van der Waals surface area (Å²) in [6.45, 7) is 4.12. The number of benzene rings is 2. The lowest BCUT2D eigenvalue weighted by Crippen LogP contribution is -2.44. The van der Waals surface area contributed by atoms with Gasteiger partial charge in [-0.25, -0.2) is 4.79 Å². The van der Waals surface area contributed by atoms with E-state index in [2.05, 4.69) is 32.4 Å². The zero-order valence-corrected chi connectivity index (χ0v) is 16.4. The monoisotopic (exact) mass is 381 g/mol. The van der Waals surface area contributed by atoms with Crippen LogP contribution in [0.4, 0.5) is 5.69 Å². The molecule has 6 nitrogen and oxygen atoms in total. The number of para-hydroxylation sites is 1. The molecular weight excluding hydrogens is 354 g/mol. The molecule has 1 heterocycles. The Labute approximate surface area is 165 Å². The first kappa shape index (κ1) is 19.9. The van der Waals surface area contributed by atoms with Crippen LogP contribution >= 0.6 is 0 Å². The van der Waals surface area contributed by atoms with Crippen molar-refractivity contribution in [2.24, 2.45) is 0 Å². The number of likely N-dealkylation sites (tertiary alicyclic amines) is 1. The molecule has 148 valence electrons. The Bertz CT molecular complexity index is 792. The van der Waals surface area contributed by atoms with E-state index in [0.717, 1.165) is 30.8 Å². The highest BCUT2D eigenvalue weighted by Crippen LogP contribution is 2.18. The summed E-state index contributed by atoms with van der Waals surface area (Å²) in [5, 5.41) is 6.52. The summed E-state index contributed by atoms with van der Waals surface area (Å²) in [6.07, 6.45) is 1.02. The molecule has 2 aromatic carbocycles. The summed E-state index contributed by atoms with van der Waals surface area (Å²) in [6, 6.07) is 17.4. The predicted octanol–water partition coefficient (Wildman–Crippen LogP) is 2.66. The summed E-state index contributed by atoms with van der Waals surface area (Å²) in [5.41, 5.74) is 2.56. The maximum Gasteiger partial charge on any atom is 0.337 e. The average molecular weight is 381 g/mol. The van der Waals surface area contributed by atoms with Crippen molar-refractivity contribution >= 4 is 17.6 Å². The molecule has 0 saturated carbocycles. The van der Waals surface area contributed by atoms with Gasteiger partial charge in [-0.3, -0.25) is 9.69 Å². The molecule has 1 amide bonds. The van der Waals surface area contributed by atoms with Crippen LogP contribution in [0.2, 0.25) is 0 Å². The second-order valence-electron chi connectivity index (χ2n) is 7.07. The average Bonchev–Trinajstić information content (AvgIpc) is 3.20. The number of rotatable bonds is 7. The molecule has 3 rings (SSSR count). The number of nitrogens with one attached hydrogen (secondary N) is 2. The second kappa shape index (κ2) is 9.37. The molecule has 0 aliphatic carbocycles. The Hall–Kier alpha value is -2.86. The summed E-state index contributed by atoms with van der Waals surface area (Å²) in [7, 11) is 1.36. The Morgan fingerprint density at radius 2 is 1.86 bits per heavy atom. The van der Waals surface area contributed by atoms with Crippen LogP contribution in [0.25, 0.3) is 0 Å². The molecule has 1 fully saturated rings. The fraction of sp³-hybridized carbons (Fsp3) is 0.364. The lowest BCUT2D eigenvalue weighted by molar-refractivity contribution is -0.125. The SMILES string of the molecule is COC(=O)c1ccc(CNC(=O)C(C)N2CCC(Nc3ccccc3)C2)cc1. The number of methoxy groups -OCH3 is 1. The highest BCUT2D eigenvalue weighted by molar-refractivity contribution is 5.89. The smallest absolute Gasteiger partial charge is 0.337 e. The van der Waals surface area contributed by atoms with Gasteiger partial charge in [0.15, 0.2) is 0 Å². The minimum absolute atomic E-state index is 0.0115. The normalized spacial score (nSPS) is 17.7. The van der Waals surface area contributed by atoms with Crippen LogP contribution in [0, 0.1) is 0 Å². The maximum atomic E-state index is 12.5. The quantitative estimate of drug-likeness (QED) is 0.722. The van der Waals surface area contributed by atoms with Gasteiger partial charge in [-0.2, -0.15) is 0 Å². The summed E-state index contributed by atoms with van der Waals surface area (Å²) in [5.74, 6) is -0.352. The van der Waals surface area contributed by atoms with Crippen LogP contribution in [-0.2, 0) is 16.1 Å². The molecule has 28 heavy (non-hydrogen) atoms. The number of hydrogen-bond acceptors (Lipinski definition) is 5. The maximum absolute atomic E-state index is 12.5. The van der Waals surface area contributed by atoms with E-state index in [9.17, 15) is 9.59 Å². The lowest BCUT2D eigenvalue weighted by atomic mass is 10.1. The number of nitrogens with zero attached hydrogens (tertiary/aromatic N) is 1. The van der Waals surface area contributed by atoms with Crippen LogP contribution in [0.1, 0.15) is 29.3 Å². The third kappa shape index (κ3) is 5.10. The number of anilines is 1. The Balaban J connectivity index is 1.46. The molecule has 1 saturated heterocycles. The number of amides is 1. The van der Waals surface area contributed by atoms with Crippen molar-refractivity contribution in [2.45, 2.75) is 32.0 Å². The van der Waals surface area contributed by atoms with Crippen LogP contribution in [0.5, 0.6) is 0 Å². The van der Waals surface area contributed by atoms with E-state index >= 15 is 0 Å². The van der Waals surface area contributed by atoms with E-state index in [1.54, 1.807) is 12.1 Å². The molecule has 0 aromatic heterocycles. The summed E-state index contributed by atoms with van der Waals surface area (Å²) < 4.78 is 4.69. The van der Waals surface area contributed by atoms with Gasteiger partial charge in [0.1, 0.15) is 0 Å². The van der Waals surface area contributed by atoms with E-state index in [1.807, 2.05) is 37.3 Å². The van der Waals surface area contributed by atoms with Gasteiger partial charge in [0.25, 0.3) is 0 Å². The van der Waals surface area contributed by atoms with Gasteiger partial charge in [-0.15, -0.1) is 0 Å². The largest absolute Gasteiger partial charge is 0.465 e. The Kier molecular flexibility index (Phi) is 6.66. The van der Waals surface area contributed by atoms with E-state index in [1.165, 1.54) is 7.11 Å². The predicted molar refractivity (Wildman–Crippen MR) is 109 cm³/mol. The third-order valence-corrected chi connectivity index (χ3v) is 5.13. The van der Waals surface area contributed by atoms with Crippen molar-refractivity contribution in [3.05, 3.63) is 65.7 Å². The van der Waals surface area contributed by atoms with Gasteiger partial charge in [0, 0.05) is 31.4 Å². The second-order valence-corrected chi connectivity index (χ2v) is 7.07. The molecule has 2 N–H and O–H groups in total. The highest BCUT2D eigenvalue weighted by Gasteiger charge is 2.29. The molecule has 2 atom stereocenters. The number of ether oxygens (including phenoxy) is 1. The van der Waals surface area contributed by atoms with Gasteiger partial charge >= 0.3 is 5.97 Å². The van der Waals surface area contributed by atoms with Crippen molar-refractivity contribution in [3.63, 3.8) is 0 Å². The first-order valence-corrected chi connectivity index (χ1v) is 9.57. The van der Waals surface area contributed by atoms with Gasteiger partial charge in [0.2, 0.25) is 5.91 Å². The number of carbonyl (C=O) groups excluding carboxylic acids is 2. The summed E-state index contributed by atoms with van der Waals surface area (Å²) in [4.78, 5) is 26.2. The molecule has 0 radical (unpaired) electrons. The number of carbonyl (C=O) groups is 2. The van der Waals surface area contributed by atoms with Crippen molar-refractivity contribution in [2.75, 3.05) is 25.5 Å².